The van der Waals surface area contributed by atoms with Gasteiger partial charge in [0.1, 0.15) is 5.78 Å². The monoisotopic (exact) mass is 510 g/mol. The van der Waals surface area contributed by atoms with Crippen LogP contribution in [0.3, 0.4) is 0 Å². The number of piperidine rings is 1. The Kier molecular flexibility index (Phi) is 6.80. The van der Waals surface area contributed by atoms with Gasteiger partial charge in [-0.1, -0.05) is 42.5 Å². The van der Waals surface area contributed by atoms with E-state index >= 15 is 0 Å². The van der Waals surface area contributed by atoms with Crippen LogP contribution < -0.4 is 10.6 Å². The number of rotatable bonds is 6. The zero-order chi connectivity index (χ0) is 25.4. The molecule has 0 aliphatic carbocycles. The molecule has 0 spiro atoms. The number of Topliss-reactive ketones (excluding diaryl/α,β-unsaturated/α-hetero) is 1. The van der Waals surface area contributed by atoms with Gasteiger partial charge in [0.05, 0.1) is 21.8 Å². The van der Waals surface area contributed by atoms with Gasteiger partial charge in [0.2, 0.25) is 0 Å². The lowest BCUT2D eigenvalue weighted by Gasteiger charge is -2.38. The van der Waals surface area contributed by atoms with Gasteiger partial charge in [-0.15, -0.1) is 0 Å². The summed E-state index contributed by atoms with van der Waals surface area (Å²) in [6.45, 7) is 2.36. The predicted octanol–water partition coefficient (Wildman–Crippen LogP) is 3.19. The molecule has 8 nitrogen and oxygen atoms in total. The van der Waals surface area contributed by atoms with Crippen molar-refractivity contribution in [3.05, 3.63) is 76.8 Å². The number of benzene rings is 2. The van der Waals surface area contributed by atoms with E-state index in [1.54, 1.807) is 6.07 Å². The number of nitroso groups, excluding NO2 is 1. The molecule has 186 valence electrons. The zero-order valence-corrected chi connectivity index (χ0v) is 19.3. The van der Waals surface area contributed by atoms with Crippen LogP contribution in [0.25, 0.3) is 5.57 Å². The average molecular weight is 511 g/mol. The van der Waals surface area contributed by atoms with Crippen molar-refractivity contribution < 1.29 is 35.3 Å². The molecule has 2 aromatic carbocycles. The number of carbonyl (C=O) groups is 1. The van der Waals surface area contributed by atoms with E-state index in [0.29, 0.717) is 13.1 Å². The standard InChI is InChI=1S/C23H23F3N3O5S/c1-14(30)17-11-27-12-18(15-7-3-2-4-8-15)21(17)28-13-19-16-9-5-6-10-20(16)29(31)22(19)34-35(32,33)23(24,25)26/h2-10,13,17-18,21-22,27-28H,11-12H2,1H3/q+1. The Bertz CT molecular complexity index is 1260. The first-order chi connectivity index (χ1) is 16.5. The van der Waals surface area contributed by atoms with Gasteiger partial charge in [0.15, 0.2) is 0 Å². The molecule has 0 bridgehead atoms. The summed E-state index contributed by atoms with van der Waals surface area (Å²) in [6, 6.07) is 14.8. The summed E-state index contributed by atoms with van der Waals surface area (Å²) in [6.07, 6.45) is -0.797. The van der Waals surface area contributed by atoms with Crippen molar-refractivity contribution in [2.75, 3.05) is 13.1 Å². The van der Waals surface area contributed by atoms with Crippen LogP contribution in [-0.2, 0) is 19.1 Å². The summed E-state index contributed by atoms with van der Waals surface area (Å²) in [5, 5.41) is 6.35. The second-order valence-corrected chi connectivity index (χ2v) is 9.94. The number of hydrogen-bond donors (Lipinski definition) is 2. The number of nitrogens with one attached hydrogen (secondary N) is 2. The first-order valence-electron chi connectivity index (χ1n) is 10.8. The van der Waals surface area contributed by atoms with E-state index in [0.717, 1.165) is 5.56 Å². The van der Waals surface area contributed by atoms with Gasteiger partial charge in [-0.3, -0.25) is 4.79 Å². The molecule has 0 radical (unpaired) electrons. The number of carbonyl (C=O) groups excluding carboxylic acids is 1. The summed E-state index contributed by atoms with van der Waals surface area (Å²) in [7, 11) is -6.06. The van der Waals surface area contributed by atoms with Gasteiger partial charge in [-0.05, 0) is 18.6 Å². The van der Waals surface area contributed by atoms with E-state index in [1.807, 2.05) is 30.3 Å². The van der Waals surface area contributed by atoms with Crippen LogP contribution in [0.15, 0.2) is 60.8 Å². The second-order valence-electron chi connectivity index (χ2n) is 8.38. The fourth-order valence-electron chi connectivity index (χ4n) is 4.48. The van der Waals surface area contributed by atoms with Crippen LogP contribution in [0.1, 0.15) is 24.0 Å². The predicted molar refractivity (Wildman–Crippen MR) is 121 cm³/mol. The summed E-state index contributed by atoms with van der Waals surface area (Å²) >= 11 is 0. The van der Waals surface area contributed by atoms with Crippen molar-refractivity contribution in [1.82, 2.24) is 10.6 Å². The van der Waals surface area contributed by atoms with Crippen molar-refractivity contribution >= 4 is 27.2 Å². The molecule has 35 heavy (non-hydrogen) atoms. The van der Waals surface area contributed by atoms with E-state index in [1.165, 1.54) is 31.3 Å². The molecule has 4 atom stereocenters. The minimum Gasteiger partial charge on any atom is -0.386 e. The van der Waals surface area contributed by atoms with Crippen LogP contribution in [-0.4, -0.2) is 49.8 Å². The molecule has 2 aliphatic heterocycles. The minimum absolute atomic E-state index is 0.0315. The van der Waals surface area contributed by atoms with Gasteiger partial charge in [-0.2, -0.15) is 25.8 Å². The van der Waals surface area contributed by atoms with Gasteiger partial charge < -0.3 is 10.6 Å². The van der Waals surface area contributed by atoms with Crippen LogP contribution in [0.4, 0.5) is 18.9 Å². The normalized spacial score (nSPS) is 25.9. The molecule has 2 heterocycles. The van der Waals surface area contributed by atoms with E-state index in [4.69, 9.17) is 0 Å². The fraction of sp³-hybridized carbons (Fsp3) is 0.348. The largest absolute Gasteiger partial charge is 0.523 e. The lowest BCUT2D eigenvalue weighted by atomic mass is 9.79. The molecule has 4 rings (SSSR count). The highest BCUT2D eigenvalue weighted by Gasteiger charge is 2.55. The number of hydrogen-bond acceptors (Lipinski definition) is 7. The molecule has 2 aromatic rings. The Labute approximate surface area is 199 Å². The Hall–Kier alpha value is -3.09. The zero-order valence-electron chi connectivity index (χ0n) is 18.5. The molecule has 4 unspecified atom stereocenters. The summed E-state index contributed by atoms with van der Waals surface area (Å²) in [5.74, 6) is -0.767. The van der Waals surface area contributed by atoms with Gasteiger partial charge in [0.25, 0.3) is 5.69 Å². The highest BCUT2D eigenvalue weighted by Crippen LogP contribution is 2.41. The van der Waals surface area contributed by atoms with Gasteiger partial charge in [-0.25, -0.2) is 0 Å². The molecule has 1 fully saturated rings. The Morgan fingerprint density at radius 1 is 1.11 bits per heavy atom. The lowest BCUT2D eigenvalue weighted by molar-refractivity contribution is -0.522. The van der Waals surface area contributed by atoms with E-state index in [-0.39, 0.29) is 33.3 Å². The number of ketones is 1. The maximum atomic E-state index is 13.0. The fourth-order valence-corrected chi connectivity index (χ4v) is 5.01. The third-order valence-electron chi connectivity index (χ3n) is 6.21. The van der Waals surface area contributed by atoms with Crippen LogP contribution in [0, 0.1) is 10.8 Å². The first-order valence-corrected chi connectivity index (χ1v) is 12.2. The Balaban J connectivity index is 1.73. The smallest absolute Gasteiger partial charge is 0.386 e. The molecule has 0 amide bonds. The number of para-hydroxylation sites is 1. The second kappa shape index (κ2) is 9.51. The molecule has 12 heteroatoms. The third-order valence-corrected chi connectivity index (χ3v) is 7.21. The van der Waals surface area contributed by atoms with Crippen LogP contribution >= 0.6 is 0 Å². The van der Waals surface area contributed by atoms with Crippen molar-refractivity contribution in [2.45, 2.75) is 30.6 Å². The Morgan fingerprint density at radius 3 is 2.43 bits per heavy atom. The topological polar surface area (TPSA) is 105 Å². The molecule has 2 N–H and O–H groups in total. The molecular formula is C23H23F3N3O5S+. The van der Waals surface area contributed by atoms with Gasteiger partial charge >= 0.3 is 21.9 Å². The summed E-state index contributed by atoms with van der Waals surface area (Å²) < 4.78 is 66.9. The van der Waals surface area contributed by atoms with Gasteiger partial charge in [0, 0.05) is 42.2 Å². The minimum atomic E-state index is -6.06. The van der Waals surface area contributed by atoms with Crippen molar-refractivity contribution in [3.8, 4) is 0 Å². The molecule has 2 aliphatic rings. The molecule has 0 saturated carbocycles. The highest BCUT2D eigenvalue weighted by atomic mass is 32.2. The molecular weight excluding hydrogens is 487 g/mol. The number of fused-ring (bicyclic) bond motifs is 1. The van der Waals surface area contributed by atoms with Crippen molar-refractivity contribution in [2.24, 2.45) is 5.92 Å². The average Bonchev–Trinajstić information content (AvgIpc) is 3.08. The number of alkyl halides is 3. The van der Waals surface area contributed by atoms with Crippen molar-refractivity contribution in [3.63, 3.8) is 0 Å². The van der Waals surface area contributed by atoms with E-state index in [2.05, 4.69) is 14.8 Å². The van der Waals surface area contributed by atoms with E-state index < -0.39 is 33.8 Å². The first kappa shape index (κ1) is 25.0. The maximum Gasteiger partial charge on any atom is 0.523 e. The Morgan fingerprint density at radius 2 is 1.77 bits per heavy atom. The molecule has 1 saturated heterocycles. The third kappa shape index (κ3) is 4.86. The maximum absolute atomic E-state index is 13.0. The number of nitrogens with zero attached hydrogens (tertiary/aromatic N) is 1. The van der Waals surface area contributed by atoms with Crippen LogP contribution in [0.5, 0.6) is 0 Å². The summed E-state index contributed by atoms with van der Waals surface area (Å²) in [5.41, 5.74) is -4.66. The SMILES string of the molecule is CC(=O)C1CNCC(c2ccccc2)C1NC=C1c2ccccc2[N+](=O)C1OS(=O)(=O)C(F)(F)F. The number of halogens is 3. The van der Waals surface area contributed by atoms with Crippen LogP contribution in [0.2, 0.25) is 0 Å². The lowest BCUT2D eigenvalue weighted by Crippen LogP contribution is -2.53. The molecule has 0 aromatic heterocycles. The quantitative estimate of drug-likeness (QED) is 0.349. The highest BCUT2D eigenvalue weighted by molar-refractivity contribution is 7.87. The summed E-state index contributed by atoms with van der Waals surface area (Å²) in [4.78, 5) is 25.2. The van der Waals surface area contributed by atoms with E-state index in [9.17, 15) is 31.3 Å². The van der Waals surface area contributed by atoms with Crippen molar-refractivity contribution in [1.29, 1.82) is 0 Å².